The summed E-state index contributed by atoms with van der Waals surface area (Å²) in [6, 6.07) is 9.57. The van der Waals surface area contributed by atoms with Gasteiger partial charge in [-0.3, -0.25) is 9.59 Å². The van der Waals surface area contributed by atoms with Crippen LogP contribution in [0.4, 0.5) is 0 Å². The molecule has 0 bridgehead atoms. The van der Waals surface area contributed by atoms with Gasteiger partial charge in [0.05, 0.1) is 6.04 Å². The van der Waals surface area contributed by atoms with E-state index in [2.05, 4.69) is 19.2 Å². The molecule has 1 aromatic rings. The van der Waals surface area contributed by atoms with Crippen molar-refractivity contribution in [1.29, 1.82) is 0 Å². The summed E-state index contributed by atoms with van der Waals surface area (Å²) in [4.78, 5) is 23.8. The molecule has 0 aliphatic heterocycles. The molecule has 2 atom stereocenters. The Morgan fingerprint density at radius 2 is 1.70 bits per heavy atom. The molecule has 0 spiro atoms. The van der Waals surface area contributed by atoms with Crippen molar-refractivity contribution >= 4 is 11.7 Å². The minimum absolute atomic E-state index is 0.0268. The van der Waals surface area contributed by atoms with E-state index in [4.69, 9.17) is 0 Å². The lowest BCUT2D eigenvalue weighted by Crippen LogP contribution is -2.43. The minimum Gasteiger partial charge on any atom is -0.346 e. The largest absolute Gasteiger partial charge is 0.346 e. The zero-order valence-corrected chi connectivity index (χ0v) is 12.8. The molecule has 2 unspecified atom stereocenters. The maximum atomic E-state index is 12.2. The summed E-state index contributed by atoms with van der Waals surface area (Å²) in [5.74, 6) is 0.230. The molecular formula is C17H25NO2. The molecule has 0 radical (unpaired) electrons. The summed E-state index contributed by atoms with van der Waals surface area (Å²) in [5.41, 5.74) is 1.14. The lowest BCUT2D eigenvalue weighted by Gasteiger charge is -2.20. The van der Waals surface area contributed by atoms with Crippen molar-refractivity contribution in [3.8, 4) is 0 Å². The van der Waals surface area contributed by atoms with Crippen LogP contribution in [0.1, 0.15) is 39.7 Å². The molecule has 0 saturated heterocycles. The first-order chi connectivity index (χ1) is 9.40. The highest BCUT2D eigenvalue weighted by Gasteiger charge is 2.21. The Balaban J connectivity index is 2.57. The van der Waals surface area contributed by atoms with E-state index in [0.29, 0.717) is 18.8 Å². The summed E-state index contributed by atoms with van der Waals surface area (Å²) < 4.78 is 0. The number of benzene rings is 1. The first kappa shape index (κ1) is 16.4. The molecule has 0 aliphatic carbocycles. The van der Waals surface area contributed by atoms with E-state index in [1.807, 2.05) is 37.3 Å². The maximum absolute atomic E-state index is 12.2. The fourth-order valence-electron chi connectivity index (χ4n) is 2.17. The molecule has 20 heavy (non-hydrogen) atoms. The normalized spacial score (nSPS) is 13.8. The van der Waals surface area contributed by atoms with Gasteiger partial charge in [-0.05, 0) is 31.2 Å². The lowest BCUT2D eigenvalue weighted by molar-refractivity contribution is -0.129. The number of hydrogen-bond donors (Lipinski definition) is 1. The van der Waals surface area contributed by atoms with E-state index < -0.39 is 0 Å². The molecule has 110 valence electrons. The Morgan fingerprint density at radius 1 is 1.10 bits per heavy atom. The second kappa shape index (κ2) is 7.83. The standard InChI is InChI=1S/C17H25NO2/c1-12(2)10-16(14(4)19)18-17(20)13(3)11-15-8-6-5-7-9-15/h5-9,12-13,16H,10-11H2,1-4H3,(H,18,20). The van der Waals surface area contributed by atoms with Crippen molar-refractivity contribution < 1.29 is 9.59 Å². The zero-order chi connectivity index (χ0) is 15.1. The van der Waals surface area contributed by atoms with Gasteiger partial charge in [0.1, 0.15) is 0 Å². The van der Waals surface area contributed by atoms with Crippen LogP contribution >= 0.6 is 0 Å². The zero-order valence-electron chi connectivity index (χ0n) is 12.8. The highest BCUT2D eigenvalue weighted by atomic mass is 16.2. The SMILES string of the molecule is CC(=O)C(CC(C)C)NC(=O)C(C)Cc1ccccc1. The first-order valence-corrected chi connectivity index (χ1v) is 7.25. The monoisotopic (exact) mass is 275 g/mol. The number of nitrogens with one attached hydrogen (secondary N) is 1. The third-order valence-corrected chi connectivity index (χ3v) is 3.35. The Kier molecular flexibility index (Phi) is 6.43. The molecule has 0 heterocycles. The number of carbonyl (C=O) groups excluding carboxylic acids is 2. The highest BCUT2D eigenvalue weighted by molar-refractivity contribution is 5.88. The quantitative estimate of drug-likeness (QED) is 0.831. The third kappa shape index (κ3) is 5.55. The number of carbonyl (C=O) groups is 2. The maximum Gasteiger partial charge on any atom is 0.223 e. The molecule has 1 N–H and O–H groups in total. The van der Waals surface area contributed by atoms with Gasteiger partial charge in [-0.2, -0.15) is 0 Å². The van der Waals surface area contributed by atoms with Crippen molar-refractivity contribution in [2.24, 2.45) is 11.8 Å². The lowest BCUT2D eigenvalue weighted by atomic mass is 9.97. The van der Waals surface area contributed by atoms with E-state index in [9.17, 15) is 9.59 Å². The highest BCUT2D eigenvalue weighted by Crippen LogP contribution is 2.11. The van der Waals surface area contributed by atoms with Crippen LogP contribution in [-0.4, -0.2) is 17.7 Å². The number of Topliss-reactive ketones (excluding diaryl/α,β-unsaturated/α-hetero) is 1. The molecular weight excluding hydrogens is 250 g/mol. The van der Waals surface area contributed by atoms with Gasteiger partial charge in [-0.1, -0.05) is 51.1 Å². The van der Waals surface area contributed by atoms with E-state index in [0.717, 1.165) is 5.56 Å². The number of ketones is 1. The van der Waals surface area contributed by atoms with Gasteiger partial charge in [0.2, 0.25) is 5.91 Å². The summed E-state index contributed by atoms with van der Waals surface area (Å²) in [6.07, 6.45) is 1.39. The third-order valence-electron chi connectivity index (χ3n) is 3.35. The molecule has 0 fully saturated rings. The van der Waals surface area contributed by atoms with Crippen molar-refractivity contribution in [3.63, 3.8) is 0 Å². The van der Waals surface area contributed by atoms with E-state index in [1.165, 1.54) is 6.92 Å². The Hall–Kier alpha value is -1.64. The van der Waals surface area contributed by atoms with E-state index in [-0.39, 0.29) is 23.7 Å². The first-order valence-electron chi connectivity index (χ1n) is 7.25. The second-order valence-corrected chi connectivity index (χ2v) is 5.89. The summed E-state index contributed by atoms with van der Waals surface area (Å²) in [5, 5.41) is 2.88. The number of rotatable bonds is 7. The van der Waals surface area contributed by atoms with Gasteiger partial charge in [0.15, 0.2) is 5.78 Å². The summed E-state index contributed by atoms with van der Waals surface area (Å²) >= 11 is 0. The van der Waals surface area contributed by atoms with Gasteiger partial charge in [-0.25, -0.2) is 0 Å². The number of hydrogen-bond acceptors (Lipinski definition) is 2. The van der Waals surface area contributed by atoms with Crippen LogP contribution in [0, 0.1) is 11.8 Å². The fraction of sp³-hybridized carbons (Fsp3) is 0.529. The van der Waals surface area contributed by atoms with Crippen LogP contribution in [0.2, 0.25) is 0 Å². The molecule has 1 amide bonds. The van der Waals surface area contributed by atoms with Crippen LogP contribution in [0.25, 0.3) is 0 Å². The Bertz CT molecular complexity index is 440. The molecule has 1 rings (SSSR count). The van der Waals surface area contributed by atoms with Crippen molar-refractivity contribution in [1.82, 2.24) is 5.32 Å². The van der Waals surface area contributed by atoms with E-state index in [1.54, 1.807) is 0 Å². The van der Waals surface area contributed by atoms with Crippen molar-refractivity contribution in [3.05, 3.63) is 35.9 Å². The van der Waals surface area contributed by atoms with Crippen LogP contribution in [-0.2, 0) is 16.0 Å². The molecule has 1 aromatic carbocycles. The van der Waals surface area contributed by atoms with Crippen LogP contribution < -0.4 is 5.32 Å². The fourth-order valence-corrected chi connectivity index (χ4v) is 2.17. The minimum atomic E-state index is -0.360. The molecule has 3 heteroatoms. The molecule has 0 aliphatic rings. The van der Waals surface area contributed by atoms with Gasteiger partial charge in [0, 0.05) is 5.92 Å². The molecule has 0 saturated carbocycles. The Labute approximate surface area is 121 Å². The molecule has 0 aromatic heterocycles. The van der Waals surface area contributed by atoms with Crippen LogP contribution in [0.5, 0.6) is 0 Å². The average molecular weight is 275 g/mol. The smallest absolute Gasteiger partial charge is 0.223 e. The Morgan fingerprint density at radius 3 is 2.20 bits per heavy atom. The predicted octanol–water partition coefficient (Wildman–Crippen LogP) is 2.99. The van der Waals surface area contributed by atoms with Crippen LogP contribution in [0.15, 0.2) is 30.3 Å². The van der Waals surface area contributed by atoms with Crippen molar-refractivity contribution in [2.45, 2.75) is 46.6 Å². The van der Waals surface area contributed by atoms with Gasteiger partial charge in [0.25, 0.3) is 0 Å². The molecule has 3 nitrogen and oxygen atoms in total. The van der Waals surface area contributed by atoms with Gasteiger partial charge < -0.3 is 5.32 Å². The average Bonchev–Trinajstić information content (AvgIpc) is 2.38. The van der Waals surface area contributed by atoms with E-state index >= 15 is 0 Å². The predicted molar refractivity (Wildman–Crippen MR) is 81.4 cm³/mol. The van der Waals surface area contributed by atoms with Gasteiger partial charge >= 0.3 is 0 Å². The summed E-state index contributed by atoms with van der Waals surface area (Å²) in [7, 11) is 0. The summed E-state index contributed by atoms with van der Waals surface area (Å²) in [6.45, 7) is 7.54. The second-order valence-electron chi connectivity index (χ2n) is 5.89. The van der Waals surface area contributed by atoms with Gasteiger partial charge in [-0.15, -0.1) is 0 Å². The number of amides is 1. The van der Waals surface area contributed by atoms with Crippen molar-refractivity contribution in [2.75, 3.05) is 0 Å². The van der Waals surface area contributed by atoms with Crippen LogP contribution in [0.3, 0.4) is 0 Å². The topological polar surface area (TPSA) is 46.2 Å².